The van der Waals surface area contributed by atoms with Crippen molar-refractivity contribution in [3.63, 3.8) is 0 Å². The van der Waals surface area contributed by atoms with Gasteiger partial charge in [-0.25, -0.2) is 3.97 Å². The average Bonchev–Trinajstić information content (AvgIpc) is 3.45. The number of anilines is 2. The van der Waals surface area contributed by atoms with Gasteiger partial charge in [-0.1, -0.05) is 18.2 Å². The Hall–Kier alpha value is -3.69. The summed E-state index contributed by atoms with van der Waals surface area (Å²) in [7, 11) is -3.74. The quantitative estimate of drug-likeness (QED) is 0.340. The van der Waals surface area contributed by atoms with E-state index < -0.39 is 10.0 Å². The summed E-state index contributed by atoms with van der Waals surface area (Å²) in [5.74, 6) is -0.369. The molecule has 3 heterocycles. The molecule has 0 radical (unpaired) electrons. The number of hydrogen-bond acceptors (Lipinski definition) is 6. The van der Waals surface area contributed by atoms with Crippen molar-refractivity contribution in [1.29, 1.82) is 0 Å². The fourth-order valence-electron chi connectivity index (χ4n) is 2.81. The number of hydrogen-bond donors (Lipinski definition) is 2. The Bertz CT molecular complexity index is 1360. The number of carbonyl (C=O) groups is 1. The number of nitrogen functional groups attached to an aromatic ring is 1. The summed E-state index contributed by atoms with van der Waals surface area (Å²) < 4.78 is 27.2. The van der Waals surface area contributed by atoms with Crippen molar-refractivity contribution in [2.75, 3.05) is 11.1 Å². The smallest absolute Gasteiger partial charge is 0.277 e. The molecular weight excluding hydrogens is 432 g/mol. The first-order valence-electron chi connectivity index (χ1n) is 9.22. The number of para-hydroxylation sites is 2. The van der Waals surface area contributed by atoms with Crippen LogP contribution in [0.4, 0.5) is 11.4 Å². The van der Waals surface area contributed by atoms with Gasteiger partial charge < -0.3 is 11.1 Å². The summed E-state index contributed by atoms with van der Waals surface area (Å²) in [6, 6.07) is 17.3. The molecule has 9 heteroatoms. The molecule has 4 aromatic rings. The molecule has 3 aromatic heterocycles. The van der Waals surface area contributed by atoms with Crippen molar-refractivity contribution in [3.05, 3.63) is 90.9 Å². The molecule has 1 aromatic carbocycles. The summed E-state index contributed by atoms with van der Waals surface area (Å²) >= 11 is 1.15. The Balaban J connectivity index is 1.49. The molecule has 0 fully saturated rings. The van der Waals surface area contributed by atoms with E-state index in [4.69, 9.17) is 5.73 Å². The molecule has 7 nitrogen and oxygen atoms in total. The predicted molar refractivity (Wildman–Crippen MR) is 123 cm³/mol. The van der Waals surface area contributed by atoms with E-state index in [0.29, 0.717) is 16.9 Å². The Kier molecular flexibility index (Phi) is 5.70. The minimum Gasteiger partial charge on any atom is -0.397 e. The third kappa shape index (κ3) is 4.57. The van der Waals surface area contributed by atoms with Crippen LogP contribution in [0.1, 0.15) is 5.56 Å². The molecular formula is C22H18N4O3S2. The van der Waals surface area contributed by atoms with E-state index in [0.717, 1.165) is 25.9 Å². The van der Waals surface area contributed by atoms with E-state index in [1.165, 1.54) is 24.5 Å². The molecule has 0 spiro atoms. The lowest BCUT2D eigenvalue weighted by molar-refractivity contribution is -0.111. The number of nitrogens with one attached hydrogen (secondary N) is 1. The molecule has 1 amide bonds. The molecule has 0 saturated carbocycles. The highest BCUT2D eigenvalue weighted by molar-refractivity contribution is 7.92. The van der Waals surface area contributed by atoms with Gasteiger partial charge in [-0.15, -0.1) is 11.3 Å². The van der Waals surface area contributed by atoms with E-state index >= 15 is 0 Å². The molecule has 0 aliphatic carbocycles. The number of aromatic nitrogens is 2. The van der Waals surface area contributed by atoms with Gasteiger partial charge in [0, 0.05) is 24.7 Å². The summed E-state index contributed by atoms with van der Waals surface area (Å²) in [4.78, 5) is 17.1. The molecule has 31 heavy (non-hydrogen) atoms. The van der Waals surface area contributed by atoms with Gasteiger partial charge >= 0.3 is 0 Å². The minimum atomic E-state index is -3.74. The van der Waals surface area contributed by atoms with Crippen LogP contribution in [-0.4, -0.2) is 23.3 Å². The fraction of sp³-hybridized carbons (Fsp3) is 0. The molecule has 0 saturated heterocycles. The number of nitrogens with two attached hydrogens (primary N) is 1. The van der Waals surface area contributed by atoms with Crippen LogP contribution in [-0.2, 0) is 14.8 Å². The van der Waals surface area contributed by atoms with Crippen LogP contribution < -0.4 is 11.1 Å². The maximum absolute atomic E-state index is 12.9. The van der Waals surface area contributed by atoms with Crippen molar-refractivity contribution in [3.8, 4) is 10.6 Å². The van der Waals surface area contributed by atoms with Crippen molar-refractivity contribution in [2.45, 2.75) is 4.21 Å². The monoisotopic (exact) mass is 450 g/mol. The summed E-state index contributed by atoms with van der Waals surface area (Å²) in [6.07, 6.45) is 7.42. The zero-order valence-corrected chi connectivity index (χ0v) is 17.8. The highest BCUT2D eigenvalue weighted by Gasteiger charge is 2.19. The van der Waals surface area contributed by atoms with Crippen LogP contribution in [0.15, 0.2) is 89.5 Å². The highest BCUT2D eigenvalue weighted by Crippen LogP contribution is 2.30. The van der Waals surface area contributed by atoms with E-state index in [2.05, 4.69) is 10.3 Å². The first-order valence-corrected chi connectivity index (χ1v) is 11.5. The van der Waals surface area contributed by atoms with Crippen molar-refractivity contribution < 1.29 is 13.2 Å². The molecule has 0 aliphatic heterocycles. The maximum Gasteiger partial charge on any atom is 0.277 e. The second-order valence-electron chi connectivity index (χ2n) is 6.52. The van der Waals surface area contributed by atoms with Crippen LogP contribution >= 0.6 is 11.3 Å². The minimum absolute atomic E-state index is 0.205. The first-order chi connectivity index (χ1) is 14.9. The summed E-state index contributed by atoms with van der Waals surface area (Å²) in [5.41, 5.74) is 8.07. The molecule has 0 aliphatic rings. The molecule has 3 N–H and O–H groups in total. The number of nitrogens with zero attached hydrogens (tertiary/aromatic N) is 2. The van der Waals surface area contributed by atoms with Gasteiger partial charge in [0.15, 0.2) is 0 Å². The third-order valence-corrected chi connectivity index (χ3v) is 7.58. The lowest BCUT2D eigenvalue weighted by atomic mass is 10.2. The standard InChI is InChI=1S/C22H18N4O3S2/c23-17-5-1-2-6-18(17)25-21(27)10-8-16-12-14-26(15-16)31(28,29)22-11-9-20(30-22)19-7-3-4-13-24-19/h1-15H,23H2,(H,25,27). The molecule has 4 rings (SSSR count). The van der Waals surface area contributed by atoms with Crippen LogP contribution in [0, 0.1) is 0 Å². The molecule has 156 valence electrons. The van der Waals surface area contributed by atoms with Gasteiger partial charge in [0.05, 0.1) is 21.9 Å². The fourth-order valence-corrected chi connectivity index (χ4v) is 5.40. The number of rotatable bonds is 6. The first kappa shape index (κ1) is 20.6. The van der Waals surface area contributed by atoms with Crippen LogP contribution in [0.3, 0.4) is 0 Å². The number of benzene rings is 1. The average molecular weight is 451 g/mol. The van der Waals surface area contributed by atoms with E-state index in [9.17, 15) is 13.2 Å². The Labute approximate surface area is 183 Å². The summed E-state index contributed by atoms with van der Waals surface area (Å²) in [6.45, 7) is 0. The van der Waals surface area contributed by atoms with Crippen molar-refractivity contribution >= 4 is 44.7 Å². The van der Waals surface area contributed by atoms with Crippen LogP contribution in [0.5, 0.6) is 0 Å². The predicted octanol–water partition coefficient (Wildman–Crippen LogP) is 4.08. The zero-order valence-electron chi connectivity index (χ0n) is 16.2. The van der Waals surface area contributed by atoms with Crippen molar-refractivity contribution in [1.82, 2.24) is 8.96 Å². The Morgan fingerprint density at radius 3 is 2.65 bits per heavy atom. The highest BCUT2D eigenvalue weighted by atomic mass is 32.2. The number of thiophene rings is 1. The van der Waals surface area contributed by atoms with Gasteiger partial charge in [0.2, 0.25) is 5.91 Å². The number of pyridine rings is 1. The van der Waals surface area contributed by atoms with Gasteiger partial charge in [-0.2, -0.15) is 8.42 Å². The van der Waals surface area contributed by atoms with Crippen LogP contribution in [0.2, 0.25) is 0 Å². The number of amides is 1. The van der Waals surface area contributed by atoms with Crippen LogP contribution in [0.25, 0.3) is 16.6 Å². The van der Waals surface area contributed by atoms with E-state index in [-0.39, 0.29) is 10.1 Å². The largest absolute Gasteiger partial charge is 0.397 e. The normalized spacial score (nSPS) is 11.6. The summed E-state index contributed by atoms with van der Waals surface area (Å²) in [5, 5.41) is 2.68. The second-order valence-corrected chi connectivity index (χ2v) is 9.68. The topological polar surface area (TPSA) is 107 Å². The van der Waals surface area contributed by atoms with Gasteiger partial charge in [-0.3, -0.25) is 9.78 Å². The Morgan fingerprint density at radius 1 is 1.06 bits per heavy atom. The second kappa shape index (κ2) is 8.58. The lowest BCUT2D eigenvalue weighted by Gasteiger charge is -2.04. The number of carbonyl (C=O) groups excluding carboxylic acids is 1. The molecule has 0 atom stereocenters. The maximum atomic E-state index is 12.9. The lowest BCUT2D eigenvalue weighted by Crippen LogP contribution is -2.09. The Morgan fingerprint density at radius 2 is 1.87 bits per heavy atom. The molecule has 0 bridgehead atoms. The van der Waals surface area contributed by atoms with Gasteiger partial charge in [0.25, 0.3) is 10.0 Å². The zero-order chi connectivity index (χ0) is 21.8. The van der Waals surface area contributed by atoms with E-state index in [1.54, 1.807) is 54.7 Å². The molecule has 0 unspecified atom stereocenters. The van der Waals surface area contributed by atoms with E-state index in [1.807, 2.05) is 12.1 Å². The van der Waals surface area contributed by atoms with Gasteiger partial charge in [-0.05, 0) is 54.1 Å². The van der Waals surface area contributed by atoms with Gasteiger partial charge in [0.1, 0.15) is 4.21 Å². The van der Waals surface area contributed by atoms with Crippen molar-refractivity contribution in [2.24, 2.45) is 0 Å². The third-order valence-electron chi connectivity index (χ3n) is 4.37. The SMILES string of the molecule is Nc1ccccc1NC(=O)C=Cc1ccn(S(=O)(=O)c2ccc(-c3ccccn3)s2)c1.